The van der Waals surface area contributed by atoms with Crippen LogP contribution >= 0.6 is 11.6 Å². The molecule has 1 aliphatic rings. The van der Waals surface area contributed by atoms with Crippen molar-refractivity contribution >= 4 is 40.6 Å². The van der Waals surface area contributed by atoms with Crippen LogP contribution in [-0.2, 0) is 21.4 Å². The maximum absolute atomic E-state index is 13.5. The van der Waals surface area contributed by atoms with E-state index in [4.69, 9.17) is 16.3 Å². The molecule has 1 heterocycles. The molecule has 3 N–H and O–H groups in total. The van der Waals surface area contributed by atoms with Gasteiger partial charge in [-0.25, -0.2) is 9.36 Å². The van der Waals surface area contributed by atoms with E-state index in [0.29, 0.717) is 24.9 Å². The lowest BCUT2D eigenvalue weighted by molar-refractivity contribution is -0.133. The van der Waals surface area contributed by atoms with Crippen molar-refractivity contribution < 1.29 is 24.2 Å². The van der Waals surface area contributed by atoms with Crippen molar-refractivity contribution in [3.63, 3.8) is 0 Å². The van der Waals surface area contributed by atoms with E-state index in [9.17, 15) is 24.3 Å². The number of halogens is 1. The summed E-state index contributed by atoms with van der Waals surface area (Å²) >= 11 is 6.30. The van der Waals surface area contributed by atoms with Crippen molar-refractivity contribution in [2.75, 3.05) is 17.7 Å². The summed E-state index contributed by atoms with van der Waals surface area (Å²) < 4.78 is 6.82. The molecule has 1 saturated carbocycles. The molecule has 0 saturated heterocycles. The van der Waals surface area contributed by atoms with Gasteiger partial charge in [0.1, 0.15) is 0 Å². The molecule has 1 aromatic carbocycles. The third-order valence-corrected chi connectivity index (χ3v) is 7.11. The smallest absolute Gasteiger partial charge is 0.334 e. The summed E-state index contributed by atoms with van der Waals surface area (Å²) in [4.78, 5) is 52.1. The van der Waals surface area contributed by atoms with E-state index in [0.717, 1.165) is 41.2 Å². The standard InChI is InChI=1S/C26H35ClN4O6/c1-5-6-7-8-9-10-19(32)28-16-11-12-17(27)18(15-16)29-22(34)20(21(33)26(2)13-14-26)31-23(35)24(37-4)30(3)25(31)36/h11-12,15,20,35H,5-10,13-14H2,1-4H3,(H,28,32)(H,29,34). The molecular formula is C26H35ClN4O6. The first-order valence-corrected chi connectivity index (χ1v) is 12.9. The van der Waals surface area contributed by atoms with Gasteiger partial charge in [-0.05, 0) is 37.5 Å². The molecule has 2 amide bonds. The highest BCUT2D eigenvalue weighted by atomic mass is 35.5. The number of amides is 2. The Morgan fingerprint density at radius 2 is 1.84 bits per heavy atom. The van der Waals surface area contributed by atoms with E-state index >= 15 is 0 Å². The molecule has 10 nitrogen and oxygen atoms in total. The van der Waals surface area contributed by atoms with Crippen LogP contribution in [0.2, 0.25) is 5.02 Å². The molecule has 3 rings (SSSR count). The van der Waals surface area contributed by atoms with Gasteiger partial charge in [-0.1, -0.05) is 51.1 Å². The molecule has 1 atom stereocenters. The Labute approximate surface area is 220 Å². The predicted octanol–water partition coefficient (Wildman–Crippen LogP) is 4.40. The summed E-state index contributed by atoms with van der Waals surface area (Å²) in [6, 6.07) is 2.97. The van der Waals surface area contributed by atoms with E-state index in [1.807, 2.05) is 0 Å². The van der Waals surface area contributed by atoms with Crippen molar-refractivity contribution in [1.82, 2.24) is 9.13 Å². The second-order valence-corrected chi connectivity index (χ2v) is 10.2. The van der Waals surface area contributed by atoms with Crippen LogP contribution in [0.3, 0.4) is 0 Å². The highest BCUT2D eigenvalue weighted by Gasteiger charge is 2.51. The number of nitrogens with zero attached hydrogens (tertiary/aromatic N) is 2. The number of hydrogen-bond donors (Lipinski definition) is 3. The quantitative estimate of drug-likeness (QED) is 0.258. The van der Waals surface area contributed by atoms with Crippen LogP contribution in [-0.4, -0.2) is 38.9 Å². The van der Waals surface area contributed by atoms with Crippen molar-refractivity contribution in [3.8, 4) is 11.8 Å². The number of aromatic hydroxyl groups is 1. The summed E-state index contributed by atoms with van der Waals surface area (Å²) in [6.45, 7) is 3.84. The summed E-state index contributed by atoms with van der Waals surface area (Å²) in [6.07, 6.45) is 6.63. The van der Waals surface area contributed by atoms with E-state index < -0.39 is 34.7 Å². The maximum atomic E-state index is 13.5. The number of Topliss-reactive ketones (excluding diaryl/α,β-unsaturated/α-hetero) is 1. The molecule has 202 valence electrons. The van der Waals surface area contributed by atoms with Crippen LogP contribution in [0.15, 0.2) is 23.0 Å². The number of rotatable bonds is 13. The minimum absolute atomic E-state index is 0.154. The zero-order valence-corrected chi connectivity index (χ0v) is 22.5. The number of methoxy groups -OCH3 is 1. The number of unbranched alkanes of at least 4 members (excludes halogenated alkanes) is 4. The van der Waals surface area contributed by atoms with Crippen LogP contribution in [0.4, 0.5) is 11.4 Å². The summed E-state index contributed by atoms with van der Waals surface area (Å²) in [5, 5.41) is 16.2. The number of nitrogens with one attached hydrogen (secondary N) is 2. The monoisotopic (exact) mass is 534 g/mol. The first kappa shape index (κ1) is 28.3. The number of hydrogen-bond acceptors (Lipinski definition) is 6. The average molecular weight is 535 g/mol. The Morgan fingerprint density at radius 1 is 1.16 bits per heavy atom. The summed E-state index contributed by atoms with van der Waals surface area (Å²) in [5.41, 5.74) is -0.982. The summed E-state index contributed by atoms with van der Waals surface area (Å²) in [5.74, 6) is -2.30. The highest BCUT2D eigenvalue weighted by Crippen LogP contribution is 2.49. The lowest BCUT2D eigenvalue weighted by Gasteiger charge is -2.21. The van der Waals surface area contributed by atoms with Crippen LogP contribution in [0.25, 0.3) is 0 Å². The number of benzene rings is 1. The second kappa shape index (κ2) is 11.9. The summed E-state index contributed by atoms with van der Waals surface area (Å²) in [7, 11) is 2.63. The molecule has 1 aromatic heterocycles. The van der Waals surface area contributed by atoms with Gasteiger partial charge in [0.15, 0.2) is 11.8 Å². The van der Waals surface area contributed by atoms with Gasteiger partial charge < -0.3 is 20.5 Å². The van der Waals surface area contributed by atoms with Gasteiger partial charge >= 0.3 is 5.69 Å². The topological polar surface area (TPSA) is 132 Å². The van der Waals surface area contributed by atoms with Crippen LogP contribution in [0.5, 0.6) is 11.8 Å². The number of aromatic nitrogens is 2. The fourth-order valence-corrected chi connectivity index (χ4v) is 4.35. The van der Waals surface area contributed by atoms with E-state index in [1.165, 1.54) is 26.3 Å². The Balaban J connectivity index is 1.82. The molecule has 1 fully saturated rings. The Morgan fingerprint density at radius 3 is 2.43 bits per heavy atom. The van der Waals surface area contributed by atoms with Gasteiger partial charge in [0.25, 0.3) is 17.7 Å². The van der Waals surface area contributed by atoms with Crippen molar-refractivity contribution in [2.24, 2.45) is 12.5 Å². The molecule has 11 heteroatoms. The molecule has 37 heavy (non-hydrogen) atoms. The van der Waals surface area contributed by atoms with Gasteiger partial charge in [0.2, 0.25) is 5.91 Å². The third-order valence-electron chi connectivity index (χ3n) is 6.78. The van der Waals surface area contributed by atoms with Gasteiger partial charge in [-0.15, -0.1) is 0 Å². The first-order chi connectivity index (χ1) is 17.5. The third kappa shape index (κ3) is 6.36. The van der Waals surface area contributed by atoms with Gasteiger partial charge in [-0.2, -0.15) is 0 Å². The Bertz CT molecular complexity index is 1230. The van der Waals surface area contributed by atoms with Crippen molar-refractivity contribution in [2.45, 2.75) is 71.3 Å². The zero-order valence-electron chi connectivity index (χ0n) is 21.7. The molecular weight excluding hydrogens is 500 g/mol. The molecule has 0 radical (unpaired) electrons. The predicted molar refractivity (Wildman–Crippen MR) is 141 cm³/mol. The van der Waals surface area contributed by atoms with Gasteiger partial charge in [0.05, 0.1) is 17.8 Å². The number of imidazole rings is 1. The number of anilines is 2. The number of ketones is 1. The van der Waals surface area contributed by atoms with E-state index in [2.05, 4.69) is 17.6 Å². The van der Waals surface area contributed by atoms with Crippen molar-refractivity contribution in [1.29, 1.82) is 0 Å². The van der Waals surface area contributed by atoms with Crippen LogP contribution in [0.1, 0.15) is 71.3 Å². The molecule has 1 aliphatic carbocycles. The molecule has 0 aliphatic heterocycles. The number of carbonyl (C=O) groups excluding carboxylic acids is 3. The number of carbonyl (C=O) groups is 3. The SMILES string of the molecule is CCCCCCCC(=O)Nc1ccc(Cl)c(NC(=O)C(C(=O)C2(C)CC2)n2c(O)c(OC)n(C)c2=O)c1. The lowest BCUT2D eigenvalue weighted by Crippen LogP contribution is -2.41. The molecule has 1 unspecified atom stereocenters. The van der Waals surface area contributed by atoms with E-state index in [-0.39, 0.29) is 22.5 Å². The second-order valence-electron chi connectivity index (χ2n) is 9.77. The van der Waals surface area contributed by atoms with E-state index in [1.54, 1.807) is 13.0 Å². The average Bonchev–Trinajstić information content (AvgIpc) is 3.57. The van der Waals surface area contributed by atoms with Crippen molar-refractivity contribution in [3.05, 3.63) is 33.7 Å². The Kier molecular flexibility index (Phi) is 9.07. The molecule has 0 spiro atoms. The first-order valence-electron chi connectivity index (χ1n) is 12.5. The lowest BCUT2D eigenvalue weighted by atomic mass is 9.96. The van der Waals surface area contributed by atoms with Gasteiger partial charge in [-0.3, -0.25) is 19.0 Å². The molecule has 0 bridgehead atoms. The van der Waals surface area contributed by atoms with Crippen LogP contribution < -0.4 is 21.1 Å². The van der Waals surface area contributed by atoms with Gasteiger partial charge in [0, 0.05) is 24.6 Å². The van der Waals surface area contributed by atoms with Crippen LogP contribution in [0, 0.1) is 5.41 Å². The zero-order chi connectivity index (χ0) is 27.3. The molecule has 2 aromatic rings. The minimum Gasteiger partial charge on any atom is -0.491 e. The Hall–Kier alpha value is -3.27. The minimum atomic E-state index is -1.65. The fourth-order valence-electron chi connectivity index (χ4n) is 4.18. The normalized spacial score (nSPS) is 14.6. The fraction of sp³-hybridized carbons (Fsp3) is 0.538. The maximum Gasteiger partial charge on any atom is 0.334 e. The largest absolute Gasteiger partial charge is 0.491 e. The number of ether oxygens (including phenoxy) is 1. The highest BCUT2D eigenvalue weighted by molar-refractivity contribution is 6.34.